The van der Waals surface area contributed by atoms with Gasteiger partial charge in [-0.15, -0.1) is 11.8 Å². The average Bonchev–Trinajstić information content (AvgIpc) is 2.89. The summed E-state index contributed by atoms with van der Waals surface area (Å²) >= 11 is 1.65. The summed E-state index contributed by atoms with van der Waals surface area (Å²) in [4.78, 5) is 14.4. The van der Waals surface area contributed by atoms with Crippen LogP contribution in [0.3, 0.4) is 0 Å². The van der Waals surface area contributed by atoms with Crippen LogP contribution in [0.4, 0.5) is 5.69 Å². The molecule has 1 aliphatic heterocycles. The van der Waals surface area contributed by atoms with Gasteiger partial charge in [0.25, 0.3) is 0 Å². The maximum Gasteiger partial charge on any atom is 0.238 e. The van der Waals surface area contributed by atoms with Gasteiger partial charge in [0.1, 0.15) is 11.1 Å². The Balaban J connectivity index is 2.03. The zero-order chi connectivity index (χ0) is 16.4. The minimum Gasteiger partial charge on any atom is -0.493 e. The summed E-state index contributed by atoms with van der Waals surface area (Å²) in [6.07, 6.45) is 0. The molecule has 1 fully saturated rings. The molecule has 2 aromatic rings. The van der Waals surface area contributed by atoms with Gasteiger partial charge >= 0.3 is 0 Å². The second-order valence-corrected chi connectivity index (χ2v) is 6.81. The second kappa shape index (κ2) is 6.67. The molecule has 0 unspecified atom stereocenters. The lowest BCUT2D eigenvalue weighted by molar-refractivity contribution is -0.115. The lowest BCUT2D eigenvalue weighted by atomic mass is 10.1. The van der Waals surface area contributed by atoms with Crippen LogP contribution in [0, 0.1) is 13.8 Å². The largest absolute Gasteiger partial charge is 0.493 e. The zero-order valence-corrected chi connectivity index (χ0v) is 14.5. The van der Waals surface area contributed by atoms with E-state index in [-0.39, 0.29) is 11.3 Å². The van der Waals surface area contributed by atoms with Gasteiger partial charge in [0.05, 0.1) is 12.4 Å². The number of benzene rings is 2. The third-order valence-electron chi connectivity index (χ3n) is 3.84. The van der Waals surface area contributed by atoms with Gasteiger partial charge in [-0.05, 0) is 50.1 Å². The van der Waals surface area contributed by atoms with Crippen LogP contribution in [-0.4, -0.2) is 18.3 Å². The summed E-state index contributed by atoms with van der Waals surface area (Å²) in [5, 5.41) is -0.0357. The molecule has 23 heavy (non-hydrogen) atoms. The van der Waals surface area contributed by atoms with E-state index in [9.17, 15) is 4.79 Å². The van der Waals surface area contributed by atoms with Gasteiger partial charge in [-0.1, -0.05) is 24.3 Å². The van der Waals surface area contributed by atoms with E-state index in [1.165, 1.54) is 11.1 Å². The number of rotatable bonds is 4. The average molecular weight is 327 g/mol. The molecular formula is C19H21NO2S. The molecule has 120 valence electrons. The normalized spacial score (nSPS) is 17.6. The van der Waals surface area contributed by atoms with E-state index in [4.69, 9.17) is 4.74 Å². The molecular weight excluding hydrogens is 306 g/mol. The fourth-order valence-corrected chi connectivity index (χ4v) is 4.20. The number of anilines is 1. The van der Waals surface area contributed by atoms with Crippen molar-refractivity contribution in [1.82, 2.24) is 0 Å². The van der Waals surface area contributed by atoms with Gasteiger partial charge in [0.15, 0.2) is 0 Å². The molecule has 0 N–H and O–H groups in total. The highest BCUT2D eigenvalue weighted by atomic mass is 32.2. The number of amides is 1. The summed E-state index contributed by atoms with van der Waals surface area (Å²) < 4.78 is 5.77. The number of carbonyl (C=O) groups excluding carboxylic acids is 1. The van der Waals surface area contributed by atoms with Crippen molar-refractivity contribution in [2.45, 2.75) is 26.1 Å². The molecule has 1 amide bonds. The topological polar surface area (TPSA) is 29.5 Å². The van der Waals surface area contributed by atoms with Crippen molar-refractivity contribution in [1.29, 1.82) is 0 Å². The van der Waals surface area contributed by atoms with E-state index >= 15 is 0 Å². The first-order valence-electron chi connectivity index (χ1n) is 7.84. The van der Waals surface area contributed by atoms with E-state index in [1.807, 2.05) is 30.0 Å². The van der Waals surface area contributed by atoms with E-state index in [0.717, 1.165) is 17.0 Å². The molecule has 1 aliphatic rings. The molecule has 2 aromatic carbocycles. The number of para-hydroxylation sites is 1. The Kier molecular flexibility index (Phi) is 4.62. The summed E-state index contributed by atoms with van der Waals surface area (Å²) in [6.45, 7) is 6.72. The Morgan fingerprint density at radius 1 is 1.17 bits per heavy atom. The standard InChI is InChI=1S/C19H21NO2S/c1-4-22-17-8-6-5-7-16(17)19-20(18(21)12-23-19)15-10-13(2)9-14(3)11-15/h5-11,19H,4,12H2,1-3H3/t19-/m0/s1. The summed E-state index contributed by atoms with van der Waals surface area (Å²) in [5.74, 6) is 1.51. The van der Waals surface area contributed by atoms with Gasteiger partial charge < -0.3 is 4.74 Å². The maximum absolute atomic E-state index is 12.5. The van der Waals surface area contributed by atoms with Crippen molar-refractivity contribution in [2.24, 2.45) is 0 Å². The molecule has 0 aromatic heterocycles. The van der Waals surface area contributed by atoms with E-state index in [2.05, 4.69) is 38.1 Å². The van der Waals surface area contributed by atoms with Gasteiger partial charge in [-0.2, -0.15) is 0 Å². The molecule has 0 radical (unpaired) electrons. The van der Waals surface area contributed by atoms with Crippen molar-refractivity contribution in [3.8, 4) is 5.75 Å². The van der Waals surface area contributed by atoms with Crippen molar-refractivity contribution < 1.29 is 9.53 Å². The van der Waals surface area contributed by atoms with Crippen LogP contribution < -0.4 is 9.64 Å². The van der Waals surface area contributed by atoms with Crippen molar-refractivity contribution >= 4 is 23.4 Å². The molecule has 1 atom stereocenters. The highest BCUT2D eigenvalue weighted by Gasteiger charge is 2.35. The monoisotopic (exact) mass is 327 g/mol. The predicted molar refractivity (Wildman–Crippen MR) is 96.2 cm³/mol. The van der Waals surface area contributed by atoms with Crippen LogP contribution in [0.5, 0.6) is 5.75 Å². The molecule has 0 spiro atoms. The Morgan fingerprint density at radius 2 is 1.87 bits per heavy atom. The first-order chi connectivity index (χ1) is 11.1. The van der Waals surface area contributed by atoms with Crippen molar-refractivity contribution in [2.75, 3.05) is 17.3 Å². The van der Waals surface area contributed by atoms with Gasteiger partial charge in [-0.25, -0.2) is 0 Å². The minimum absolute atomic E-state index is 0.0357. The third kappa shape index (κ3) is 3.22. The van der Waals surface area contributed by atoms with Crippen molar-refractivity contribution in [3.05, 3.63) is 59.2 Å². The highest BCUT2D eigenvalue weighted by molar-refractivity contribution is 8.00. The Labute approximate surface area is 141 Å². The van der Waals surface area contributed by atoms with Crippen LogP contribution in [0.25, 0.3) is 0 Å². The number of thioether (sulfide) groups is 1. The molecule has 3 nitrogen and oxygen atoms in total. The van der Waals surface area contributed by atoms with Crippen molar-refractivity contribution in [3.63, 3.8) is 0 Å². The minimum atomic E-state index is -0.0357. The molecule has 0 bridgehead atoms. The highest BCUT2D eigenvalue weighted by Crippen LogP contribution is 2.45. The Bertz CT molecular complexity index is 709. The number of aryl methyl sites for hydroxylation is 2. The number of carbonyl (C=O) groups is 1. The first-order valence-corrected chi connectivity index (χ1v) is 8.88. The van der Waals surface area contributed by atoms with Crippen LogP contribution in [0.1, 0.15) is 29.0 Å². The van der Waals surface area contributed by atoms with Gasteiger partial charge in [0, 0.05) is 11.3 Å². The number of nitrogens with zero attached hydrogens (tertiary/aromatic N) is 1. The van der Waals surface area contributed by atoms with Crippen LogP contribution in [0.2, 0.25) is 0 Å². The number of ether oxygens (including phenoxy) is 1. The van der Waals surface area contributed by atoms with E-state index < -0.39 is 0 Å². The molecule has 3 rings (SSSR count). The van der Waals surface area contributed by atoms with Gasteiger partial charge in [0.2, 0.25) is 5.91 Å². The number of hydrogen-bond acceptors (Lipinski definition) is 3. The summed E-state index contributed by atoms with van der Waals surface area (Å²) in [6, 6.07) is 14.3. The SMILES string of the molecule is CCOc1ccccc1[C@@H]1SCC(=O)N1c1cc(C)cc(C)c1. The molecule has 0 aliphatic carbocycles. The smallest absolute Gasteiger partial charge is 0.238 e. The van der Waals surface area contributed by atoms with Gasteiger partial charge in [-0.3, -0.25) is 9.69 Å². The quantitative estimate of drug-likeness (QED) is 0.829. The Hall–Kier alpha value is -1.94. The fraction of sp³-hybridized carbons (Fsp3) is 0.316. The summed E-state index contributed by atoms with van der Waals surface area (Å²) in [5.41, 5.74) is 4.36. The Morgan fingerprint density at radius 3 is 2.57 bits per heavy atom. The summed E-state index contributed by atoms with van der Waals surface area (Å²) in [7, 11) is 0. The lowest BCUT2D eigenvalue weighted by Gasteiger charge is -2.26. The molecule has 1 heterocycles. The maximum atomic E-state index is 12.5. The van der Waals surface area contributed by atoms with E-state index in [0.29, 0.717) is 12.4 Å². The number of hydrogen-bond donors (Lipinski definition) is 0. The second-order valence-electron chi connectivity index (χ2n) is 5.74. The van der Waals surface area contributed by atoms with Crippen LogP contribution in [0.15, 0.2) is 42.5 Å². The van der Waals surface area contributed by atoms with Crippen LogP contribution >= 0.6 is 11.8 Å². The lowest BCUT2D eigenvalue weighted by Crippen LogP contribution is -2.28. The molecule has 0 saturated carbocycles. The predicted octanol–water partition coefficient (Wildman–Crippen LogP) is 4.48. The van der Waals surface area contributed by atoms with E-state index in [1.54, 1.807) is 11.8 Å². The molecule has 4 heteroatoms. The third-order valence-corrected chi connectivity index (χ3v) is 5.03. The molecule has 1 saturated heterocycles. The fourth-order valence-electron chi connectivity index (χ4n) is 2.99. The first kappa shape index (κ1) is 15.9. The van der Waals surface area contributed by atoms with Crippen LogP contribution in [-0.2, 0) is 4.79 Å². The zero-order valence-electron chi connectivity index (χ0n) is 13.7.